The van der Waals surface area contributed by atoms with Gasteiger partial charge in [-0.2, -0.15) is 5.10 Å². The molecular formula is C17H22ClN3O. The van der Waals surface area contributed by atoms with E-state index in [2.05, 4.69) is 29.1 Å². The molecule has 0 aliphatic carbocycles. The van der Waals surface area contributed by atoms with Crippen molar-refractivity contribution in [3.05, 3.63) is 52.3 Å². The SMILES string of the molecule is Cc1nn(Cc2ccccc2)c(Cl)c1CN1CCOC(C)C1. The van der Waals surface area contributed by atoms with Crippen LogP contribution >= 0.6 is 11.6 Å². The van der Waals surface area contributed by atoms with E-state index in [0.717, 1.165) is 42.7 Å². The van der Waals surface area contributed by atoms with Gasteiger partial charge in [-0.25, -0.2) is 4.68 Å². The van der Waals surface area contributed by atoms with Gasteiger partial charge >= 0.3 is 0 Å². The molecule has 1 aromatic carbocycles. The zero-order valence-electron chi connectivity index (χ0n) is 13.1. The molecule has 1 unspecified atom stereocenters. The normalized spacial score (nSPS) is 19.5. The lowest BCUT2D eigenvalue weighted by atomic mass is 10.2. The number of nitrogens with zero attached hydrogens (tertiary/aromatic N) is 3. The monoisotopic (exact) mass is 319 g/mol. The van der Waals surface area contributed by atoms with Gasteiger partial charge in [-0.1, -0.05) is 41.9 Å². The molecule has 0 radical (unpaired) electrons. The minimum absolute atomic E-state index is 0.284. The van der Waals surface area contributed by atoms with Gasteiger partial charge in [0.25, 0.3) is 0 Å². The average Bonchev–Trinajstić information content (AvgIpc) is 2.76. The second-order valence-corrected chi connectivity index (χ2v) is 6.27. The number of hydrogen-bond donors (Lipinski definition) is 0. The van der Waals surface area contributed by atoms with Crippen LogP contribution in [0.15, 0.2) is 30.3 Å². The second-order valence-electron chi connectivity index (χ2n) is 5.91. The maximum Gasteiger partial charge on any atom is 0.132 e. The number of rotatable bonds is 4. The molecule has 4 nitrogen and oxygen atoms in total. The zero-order valence-corrected chi connectivity index (χ0v) is 13.9. The van der Waals surface area contributed by atoms with Crippen molar-refractivity contribution in [1.82, 2.24) is 14.7 Å². The van der Waals surface area contributed by atoms with Gasteiger partial charge in [-0.05, 0) is 19.4 Å². The molecule has 1 aliphatic rings. The first-order chi connectivity index (χ1) is 10.6. The molecule has 0 spiro atoms. The van der Waals surface area contributed by atoms with E-state index in [1.54, 1.807) is 0 Å². The highest BCUT2D eigenvalue weighted by Crippen LogP contribution is 2.23. The Morgan fingerprint density at radius 3 is 2.77 bits per heavy atom. The van der Waals surface area contributed by atoms with Crippen LogP contribution in [-0.4, -0.2) is 40.5 Å². The highest BCUT2D eigenvalue weighted by atomic mass is 35.5. The predicted molar refractivity (Wildman–Crippen MR) is 88.2 cm³/mol. The predicted octanol–water partition coefficient (Wildman–Crippen LogP) is 3.11. The molecule has 1 fully saturated rings. The van der Waals surface area contributed by atoms with Crippen LogP contribution in [0.4, 0.5) is 0 Å². The summed E-state index contributed by atoms with van der Waals surface area (Å²) in [5.74, 6) is 0. The van der Waals surface area contributed by atoms with Crippen LogP contribution in [0.5, 0.6) is 0 Å². The van der Waals surface area contributed by atoms with Gasteiger partial charge in [0.15, 0.2) is 0 Å². The molecule has 2 aromatic rings. The molecule has 1 atom stereocenters. The molecule has 5 heteroatoms. The van der Waals surface area contributed by atoms with Crippen LogP contribution in [0.1, 0.15) is 23.7 Å². The quantitative estimate of drug-likeness (QED) is 0.867. The average molecular weight is 320 g/mol. The van der Waals surface area contributed by atoms with Gasteiger partial charge in [0, 0.05) is 25.2 Å². The molecule has 3 rings (SSSR count). The Morgan fingerprint density at radius 2 is 2.05 bits per heavy atom. The molecule has 0 saturated carbocycles. The molecule has 1 saturated heterocycles. The van der Waals surface area contributed by atoms with Crippen molar-refractivity contribution in [1.29, 1.82) is 0 Å². The van der Waals surface area contributed by atoms with E-state index in [0.29, 0.717) is 6.54 Å². The Bertz CT molecular complexity index is 626. The van der Waals surface area contributed by atoms with E-state index >= 15 is 0 Å². The van der Waals surface area contributed by atoms with Crippen LogP contribution in [0.3, 0.4) is 0 Å². The summed E-state index contributed by atoms with van der Waals surface area (Å²) in [6.45, 7) is 8.37. The van der Waals surface area contributed by atoms with Gasteiger partial charge in [-0.15, -0.1) is 0 Å². The Kier molecular flexibility index (Phi) is 4.81. The van der Waals surface area contributed by atoms with Crippen LogP contribution in [0, 0.1) is 6.92 Å². The molecule has 2 heterocycles. The minimum Gasteiger partial charge on any atom is -0.376 e. The van der Waals surface area contributed by atoms with Gasteiger partial charge in [0.2, 0.25) is 0 Å². The Balaban J connectivity index is 1.75. The van der Waals surface area contributed by atoms with Crippen molar-refractivity contribution in [3.8, 4) is 0 Å². The molecule has 118 valence electrons. The van der Waals surface area contributed by atoms with E-state index in [1.165, 1.54) is 5.56 Å². The summed E-state index contributed by atoms with van der Waals surface area (Å²) in [5, 5.41) is 5.37. The lowest BCUT2D eigenvalue weighted by molar-refractivity contribution is -0.0212. The number of morpholine rings is 1. The summed E-state index contributed by atoms with van der Waals surface area (Å²) in [6.07, 6.45) is 0.284. The van der Waals surface area contributed by atoms with Crippen molar-refractivity contribution >= 4 is 11.6 Å². The maximum atomic E-state index is 6.58. The summed E-state index contributed by atoms with van der Waals surface area (Å²) < 4.78 is 7.49. The fourth-order valence-electron chi connectivity index (χ4n) is 2.89. The summed E-state index contributed by atoms with van der Waals surface area (Å²) in [6, 6.07) is 10.3. The number of benzene rings is 1. The van der Waals surface area contributed by atoms with E-state index < -0.39 is 0 Å². The van der Waals surface area contributed by atoms with Crippen molar-refractivity contribution in [2.24, 2.45) is 0 Å². The fourth-order valence-corrected chi connectivity index (χ4v) is 3.18. The number of aryl methyl sites for hydroxylation is 1. The Labute approximate surface area is 136 Å². The summed E-state index contributed by atoms with van der Waals surface area (Å²) >= 11 is 6.58. The smallest absolute Gasteiger partial charge is 0.132 e. The fraction of sp³-hybridized carbons (Fsp3) is 0.471. The van der Waals surface area contributed by atoms with Crippen molar-refractivity contribution in [3.63, 3.8) is 0 Å². The first kappa shape index (κ1) is 15.5. The molecular weight excluding hydrogens is 298 g/mol. The maximum absolute atomic E-state index is 6.58. The first-order valence-corrected chi connectivity index (χ1v) is 8.11. The van der Waals surface area contributed by atoms with Crippen LogP contribution in [0.25, 0.3) is 0 Å². The van der Waals surface area contributed by atoms with E-state index in [1.807, 2.05) is 29.8 Å². The van der Waals surface area contributed by atoms with Crippen molar-refractivity contribution in [2.45, 2.75) is 33.0 Å². The lowest BCUT2D eigenvalue weighted by Crippen LogP contribution is -2.40. The number of aromatic nitrogens is 2. The number of halogens is 1. The topological polar surface area (TPSA) is 30.3 Å². The number of ether oxygens (including phenoxy) is 1. The van der Waals surface area contributed by atoms with Crippen molar-refractivity contribution < 1.29 is 4.74 Å². The summed E-state index contributed by atoms with van der Waals surface area (Å²) in [5.41, 5.74) is 3.35. The molecule has 0 bridgehead atoms. The van der Waals surface area contributed by atoms with Crippen LogP contribution in [0.2, 0.25) is 5.15 Å². The van der Waals surface area contributed by atoms with E-state index in [4.69, 9.17) is 16.3 Å². The Hall–Kier alpha value is -1.36. The standard InChI is InChI=1S/C17H22ClN3O/c1-13-10-20(8-9-22-13)12-16-14(2)19-21(17(16)18)11-15-6-4-3-5-7-15/h3-7,13H,8-12H2,1-2H3. The third-order valence-corrected chi connectivity index (χ3v) is 4.49. The molecule has 0 amide bonds. The summed E-state index contributed by atoms with van der Waals surface area (Å²) in [4.78, 5) is 2.39. The minimum atomic E-state index is 0.284. The largest absolute Gasteiger partial charge is 0.376 e. The third kappa shape index (κ3) is 3.51. The highest BCUT2D eigenvalue weighted by Gasteiger charge is 2.21. The number of hydrogen-bond acceptors (Lipinski definition) is 3. The Morgan fingerprint density at radius 1 is 1.27 bits per heavy atom. The van der Waals surface area contributed by atoms with E-state index in [-0.39, 0.29) is 6.10 Å². The van der Waals surface area contributed by atoms with Crippen molar-refractivity contribution in [2.75, 3.05) is 19.7 Å². The van der Waals surface area contributed by atoms with E-state index in [9.17, 15) is 0 Å². The van der Waals surface area contributed by atoms with Gasteiger partial charge in [0.1, 0.15) is 5.15 Å². The third-order valence-electron chi connectivity index (χ3n) is 4.07. The zero-order chi connectivity index (χ0) is 15.5. The highest BCUT2D eigenvalue weighted by molar-refractivity contribution is 6.30. The van der Waals surface area contributed by atoms with Crippen LogP contribution < -0.4 is 0 Å². The molecule has 22 heavy (non-hydrogen) atoms. The van der Waals surface area contributed by atoms with Gasteiger partial charge in [0.05, 0.1) is 24.9 Å². The van der Waals surface area contributed by atoms with Crippen LogP contribution in [-0.2, 0) is 17.8 Å². The molecule has 1 aromatic heterocycles. The summed E-state index contributed by atoms with van der Waals surface area (Å²) in [7, 11) is 0. The lowest BCUT2D eigenvalue weighted by Gasteiger charge is -2.30. The van der Waals surface area contributed by atoms with Gasteiger partial charge in [-0.3, -0.25) is 4.90 Å². The first-order valence-electron chi connectivity index (χ1n) is 7.73. The molecule has 1 aliphatic heterocycles. The molecule has 0 N–H and O–H groups in total. The second kappa shape index (κ2) is 6.82. The van der Waals surface area contributed by atoms with Gasteiger partial charge < -0.3 is 4.74 Å².